The van der Waals surface area contributed by atoms with Crippen LogP contribution < -0.4 is 4.74 Å². The minimum absolute atomic E-state index is 0.204. The lowest BCUT2D eigenvalue weighted by molar-refractivity contribution is 0.330. The summed E-state index contributed by atoms with van der Waals surface area (Å²) in [5.74, 6) is 1.59. The number of ether oxygens (including phenoxy) is 1. The lowest BCUT2D eigenvalue weighted by Crippen LogP contribution is -2.25. The second kappa shape index (κ2) is 6.03. The summed E-state index contributed by atoms with van der Waals surface area (Å²) in [6.45, 7) is 3.21. The van der Waals surface area contributed by atoms with Gasteiger partial charge < -0.3 is 4.74 Å². The normalized spacial score (nSPS) is 28.0. The van der Waals surface area contributed by atoms with Crippen molar-refractivity contribution in [1.82, 2.24) is 0 Å². The van der Waals surface area contributed by atoms with Crippen LogP contribution in [-0.4, -0.2) is 11.9 Å². The van der Waals surface area contributed by atoms with Crippen LogP contribution in [0.3, 0.4) is 0 Å². The maximum atomic E-state index is 5.89. The molecule has 0 fully saturated rings. The fourth-order valence-electron chi connectivity index (χ4n) is 2.76. The van der Waals surface area contributed by atoms with Gasteiger partial charge in [-0.15, -0.1) is 0 Å². The zero-order valence-corrected chi connectivity index (χ0v) is 14.8. The van der Waals surface area contributed by atoms with Gasteiger partial charge in [-0.25, -0.2) is 0 Å². The molecule has 0 aliphatic carbocycles. The van der Waals surface area contributed by atoms with Crippen molar-refractivity contribution in [3.05, 3.63) is 59.9 Å². The Hall–Kier alpha value is -0.360. The van der Waals surface area contributed by atoms with E-state index in [1.54, 1.807) is 4.24 Å². The molecule has 4 rings (SSSR count). The van der Waals surface area contributed by atoms with Crippen molar-refractivity contribution in [1.29, 1.82) is 0 Å². The zero-order valence-electron chi connectivity index (χ0n) is 11.5. The summed E-state index contributed by atoms with van der Waals surface area (Å²) in [6.07, 6.45) is 0. The summed E-state index contributed by atoms with van der Waals surface area (Å²) < 4.78 is 8.90. The third kappa shape index (κ3) is 2.58. The van der Waals surface area contributed by atoms with E-state index in [-0.39, 0.29) is 10.9 Å². The van der Waals surface area contributed by atoms with Crippen molar-refractivity contribution in [3.63, 3.8) is 0 Å². The van der Waals surface area contributed by atoms with Gasteiger partial charge in [0.1, 0.15) is 27.3 Å². The number of hydrogen-bond donors (Lipinski definition) is 0. The molecule has 1 nitrogen and oxygen atoms in total. The van der Waals surface area contributed by atoms with Gasteiger partial charge in [-0.1, -0.05) is 41.7 Å². The highest BCUT2D eigenvalue weighted by atomic mass is 32.2. The third-order valence-corrected chi connectivity index (χ3v) is 10.4. The highest BCUT2D eigenvalue weighted by Gasteiger charge is 2.44. The van der Waals surface area contributed by atoms with Crippen LogP contribution >= 0.6 is 35.3 Å². The second-order valence-corrected chi connectivity index (χ2v) is 10.4. The molecule has 5 heteroatoms. The van der Waals surface area contributed by atoms with Crippen LogP contribution in [0, 0.1) is 0 Å². The first-order chi connectivity index (χ1) is 10.3. The molecule has 3 aliphatic rings. The van der Waals surface area contributed by atoms with Crippen LogP contribution in [0.25, 0.3) is 0 Å². The molecule has 0 spiro atoms. The first kappa shape index (κ1) is 14.2. The SMILES string of the molecule is CC(C1COc2ccccc21)[S+]1C=CSC1=C1SC=CS1. The van der Waals surface area contributed by atoms with Gasteiger partial charge in [-0.3, -0.25) is 0 Å². The lowest BCUT2D eigenvalue weighted by Gasteiger charge is -2.17. The molecule has 3 unspecified atom stereocenters. The van der Waals surface area contributed by atoms with Gasteiger partial charge in [0.15, 0.2) is 0 Å². The second-order valence-electron chi connectivity index (χ2n) is 5.01. The van der Waals surface area contributed by atoms with Crippen molar-refractivity contribution in [2.75, 3.05) is 6.61 Å². The van der Waals surface area contributed by atoms with Crippen molar-refractivity contribution < 1.29 is 4.74 Å². The highest BCUT2D eigenvalue weighted by molar-refractivity contribution is 8.32. The first-order valence-electron chi connectivity index (χ1n) is 6.84. The average Bonchev–Trinajstić information content (AvgIpc) is 3.25. The fourth-order valence-corrected chi connectivity index (χ4v) is 9.28. The molecular weight excluding hydrogens is 336 g/mol. The minimum Gasteiger partial charge on any atom is -0.492 e. The van der Waals surface area contributed by atoms with Crippen LogP contribution in [0.5, 0.6) is 5.75 Å². The third-order valence-electron chi connectivity index (χ3n) is 3.87. The summed E-state index contributed by atoms with van der Waals surface area (Å²) in [7, 11) is 0.204. The van der Waals surface area contributed by atoms with Crippen molar-refractivity contribution in [2.24, 2.45) is 0 Å². The smallest absolute Gasteiger partial charge is 0.218 e. The van der Waals surface area contributed by atoms with Gasteiger partial charge in [0.05, 0.1) is 16.8 Å². The Bertz CT molecular complexity index is 639. The van der Waals surface area contributed by atoms with Crippen molar-refractivity contribution in [3.8, 4) is 5.75 Å². The largest absolute Gasteiger partial charge is 0.492 e. The fraction of sp³-hybridized carbons (Fsp3) is 0.250. The predicted octanol–water partition coefficient (Wildman–Crippen LogP) is 5.47. The molecule has 21 heavy (non-hydrogen) atoms. The van der Waals surface area contributed by atoms with E-state index in [9.17, 15) is 0 Å². The van der Waals surface area contributed by atoms with E-state index in [1.165, 1.54) is 9.80 Å². The van der Waals surface area contributed by atoms with E-state index in [0.717, 1.165) is 12.4 Å². The monoisotopic (exact) mass is 351 g/mol. The van der Waals surface area contributed by atoms with Crippen LogP contribution in [0.4, 0.5) is 0 Å². The topological polar surface area (TPSA) is 9.23 Å². The first-order valence-corrected chi connectivity index (χ1v) is 10.8. The molecule has 0 bridgehead atoms. The van der Waals surface area contributed by atoms with Crippen LogP contribution in [0.2, 0.25) is 0 Å². The Morgan fingerprint density at radius 2 is 1.95 bits per heavy atom. The van der Waals surface area contributed by atoms with E-state index in [1.807, 2.05) is 35.3 Å². The number of benzene rings is 1. The molecular formula is C16H15OS4+. The summed E-state index contributed by atoms with van der Waals surface area (Å²) in [5, 5.41) is 9.63. The van der Waals surface area contributed by atoms with Gasteiger partial charge in [0.2, 0.25) is 4.24 Å². The molecule has 3 aliphatic heterocycles. The highest BCUT2D eigenvalue weighted by Crippen LogP contribution is 2.51. The number of hydrogen-bond acceptors (Lipinski definition) is 4. The average molecular weight is 352 g/mol. The van der Waals surface area contributed by atoms with E-state index < -0.39 is 0 Å². The lowest BCUT2D eigenvalue weighted by atomic mass is 9.98. The molecule has 0 saturated carbocycles. The molecule has 0 aromatic heterocycles. The van der Waals surface area contributed by atoms with E-state index >= 15 is 0 Å². The Morgan fingerprint density at radius 3 is 2.81 bits per heavy atom. The number of fused-ring (bicyclic) bond motifs is 1. The summed E-state index contributed by atoms with van der Waals surface area (Å²) in [5.41, 5.74) is 1.39. The molecule has 0 N–H and O–H groups in total. The molecule has 3 atom stereocenters. The Balaban J connectivity index is 1.62. The summed E-state index contributed by atoms with van der Waals surface area (Å²) >= 11 is 5.64. The molecule has 3 heterocycles. The molecule has 0 amide bonds. The number of para-hydroxylation sites is 1. The van der Waals surface area contributed by atoms with E-state index in [4.69, 9.17) is 4.74 Å². The maximum absolute atomic E-state index is 5.89. The van der Waals surface area contributed by atoms with E-state index in [0.29, 0.717) is 11.2 Å². The van der Waals surface area contributed by atoms with Crippen molar-refractivity contribution >= 4 is 46.2 Å². The van der Waals surface area contributed by atoms with Crippen LogP contribution in [-0.2, 0) is 10.9 Å². The Kier molecular flexibility index (Phi) is 4.09. The zero-order chi connectivity index (χ0) is 14.2. The standard InChI is InChI=1S/C16H15OS4/c1-11(13-10-17-14-5-3-2-4-12(13)14)21-9-8-20-16(21)15-18-6-7-19-15/h2-9,11,13H,10H2,1H3/q+1. The maximum Gasteiger partial charge on any atom is 0.218 e. The van der Waals surface area contributed by atoms with Gasteiger partial charge >= 0.3 is 0 Å². The Morgan fingerprint density at radius 1 is 1.14 bits per heavy atom. The van der Waals surface area contributed by atoms with Gasteiger partial charge in [-0.05, 0) is 35.6 Å². The molecule has 1 aromatic rings. The van der Waals surface area contributed by atoms with Gasteiger partial charge in [0, 0.05) is 11.0 Å². The predicted molar refractivity (Wildman–Crippen MR) is 99.6 cm³/mol. The number of rotatable bonds is 2. The van der Waals surface area contributed by atoms with Crippen molar-refractivity contribution in [2.45, 2.75) is 18.1 Å². The summed E-state index contributed by atoms with van der Waals surface area (Å²) in [6, 6.07) is 8.51. The molecule has 1 aromatic carbocycles. The van der Waals surface area contributed by atoms with Gasteiger partial charge in [0.25, 0.3) is 0 Å². The van der Waals surface area contributed by atoms with Gasteiger partial charge in [-0.2, -0.15) is 0 Å². The van der Waals surface area contributed by atoms with E-state index in [2.05, 4.69) is 52.8 Å². The summed E-state index contributed by atoms with van der Waals surface area (Å²) in [4.78, 5) is 0. The molecule has 0 saturated heterocycles. The van der Waals surface area contributed by atoms with Crippen LogP contribution in [0.15, 0.2) is 54.4 Å². The quantitative estimate of drug-likeness (QED) is 0.653. The number of thioether (sulfide) groups is 3. The Labute approximate surface area is 141 Å². The molecule has 108 valence electrons. The molecule has 0 radical (unpaired) electrons. The minimum atomic E-state index is 0.204. The van der Waals surface area contributed by atoms with Crippen LogP contribution in [0.1, 0.15) is 18.4 Å².